The van der Waals surface area contributed by atoms with Crippen LogP contribution < -0.4 is 4.90 Å². The Labute approximate surface area is 82.4 Å². The zero-order valence-electron chi connectivity index (χ0n) is 8.81. The van der Waals surface area contributed by atoms with Crippen LogP contribution in [0.2, 0.25) is 0 Å². The Morgan fingerprint density at radius 3 is 2.64 bits per heavy atom. The van der Waals surface area contributed by atoms with Gasteiger partial charge in [0, 0.05) is 25.4 Å². The van der Waals surface area contributed by atoms with Gasteiger partial charge in [-0.3, -0.25) is 0 Å². The van der Waals surface area contributed by atoms with Gasteiger partial charge in [-0.2, -0.15) is 14.6 Å². The van der Waals surface area contributed by atoms with Crippen LogP contribution in [0, 0.1) is 13.8 Å². The molecule has 2 rings (SSSR count). The maximum atomic E-state index is 4.34. The molecule has 0 amide bonds. The molecule has 74 valence electrons. The fourth-order valence-corrected chi connectivity index (χ4v) is 1.54. The Hall–Kier alpha value is -1.65. The topological polar surface area (TPSA) is 46.3 Å². The van der Waals surface area contributed by atoms with Crippen molar-refractivity contribution in [2.24, 2.45) is 0 Å². The maximum absolute atomic E-state index is 4.34. The lowest BCUT2D eigenvalue weighted by Crippen LogP contribution is -2.17. The first-order chi connectivity index (χ1) is 6.61. The highest BCUT2D eigenvalue weighted by Gasteiger charge is 2.11. The van der Waals surface area contributed by atoms with Gasteiger partial charge in [-0.1, -0.05) is 0 Å². The van der Waals surface area contributed by atoms with Crippen LogP contribution in [0.25, 0.3) is 5.78 Å². The monoisotopic (exact) mass is 191 g/mol. The maximum Gasteiger partial charge on any atom is 0.254 e. The molecule has 0 atom stereocenters. The Morgan fingerprint density at radius 1 is 1.29 bits per heavy atom. The summed E-state index contributed by atoms with van der Waals surface area (Å²) < 4.78 is 1.75. The Bertz CT molecular complexity index is 471. The summed E-state index contributed by atoms with van der Waals surface area (Å²) in [6.45, 7) is 4.02. The minimum Gasteiger partial charge on any atom is -0.362 e. The molecule has 0 aromatic carbocycles. The van der Waals surface area contributed by atoms with Gasteiger partial charge in [0.1, 0.15) is 12.1 Å². The molecule has 0 radical (unpaired) electrons. The molecule has 0 aliphatic rings. The van der Waals surface area contributed by atoms with Crippen LogP contribution in [0.15, 0.2) is 6.33 Å². The van der Waals surface area contributed by atoms with Gasteiger partial charge >= 0.3 is 0 Å². The number of aromatic nitrogens is 4. The highest BCUT2D eigenvalue weighted by atomic mass is 15.4. The summed E-state index contributed by atoms with van der Waals surface area (Å²) in [4.78, 5) is 10.4. The average molecular weight is 191 g/mol. The van der Waals surface area contributed by atoms with Crippen molar-refractivity contribution in [3.05, 3.63) is 17.6 Å². The summed E-state index contributed by atoms with van der Waals surface area (Å²) in [6.07, 6.45) is 1.52. The molecule has 0 bridgehead atoms. The molecular formula is C9H13N5. The van der Waals surface area contributed by atoms with Crippen LogP contribution in [0.3, 0.4) is 0 Å². The van der Waals surface area contributed by atoms with E-state index in [9.17, 15) is 0 Å². The van der Waals surface area contributed by atoms with E-state index in [1.54, 1.807) is 4.52 Å². The Kier molecular flexibility index (Phi) is 1.87. The largest absolute Gasteiger partial charge is 0.362 e. The molecule has 2 aromatic heterocycles. The van der Waals surface area contributed by atoms with Gasteiger partial charge in [0.2, 0.25) is 0 Å². The number of fused-ring (bicyclic) bond motifs is 1. The second-order valence-electron chi connectivity index (χ2n) is 3.51. The first kappa shape index (κ1) is 8.93. The molecule has 0 saturated carbocycles. The molecule has 2 aromatic rings. The molecule has 0 N–H and O–H groups in total. The molecule has 5 heteroatoms. The van der Waals surface area contributed by atoms with E-state index in [1.165, 1.54) is 6.33 Å². The van der Waals surface area contributed by atoms with Crippen molar-refractivity contribution < 1.29 is 0 Å². The molecule has 0 unspecified atom stereocenters. The lowest BCUT2D eigenvalue weighted by atomic mass is 10.2. The third-order valence-corrected chi connectivity index (χ3v) is 2.30. The van der Waals surface area contributed by atoms with Gasteiger partial charge < -0.3 is 4.90 Å². The highest BCUT2D eigenvalue weighted by Crippen LogP contribution is 2.19. The summed E-state index contributed by atoms with van der Waals surface area (Å²) >= 11 is 0. The predicted octanol–water partition coefficient (Wildman–Crippen LogP) is 0.807. The summed E-state index contributed by atoms with van der Waals surface area (Å²) in [5.41, 5.74) is 2.13. The van der Waals surface area contributed by atoms with Crippen LogP contribution in [-0.2, 0) is 0 Å². The standard InChI is InChI=1S/C9H13N5/c1-6-7(2)12-9-10-5-11-14(9)8(6)13(3)4/h5H,1-4H3. The van der Waals surface area contributed by atoms with Crippen LogP contribution in [0.4, 0.5) is 5.82 Å². The van der Waals surface area contributed by atoms with Gasteiger partial charge in [0.05, 0.1) is 0 Å². The number of nitrogens with zero attached hydrogens (tertiary/aromatic N) is 5. The van der Waals surface area contributed by atoms with Crippen LogP contribution in [0.1, 0.15) is 11.3 Å². The molecule has 0 saturated heterocycles. The molecule has 2 heterocycles. The molecule has 5 nitrogen and oxygen atoms in total. The van der Waals surface area contributed by atoms with E-state index in [0.29, 0.717) is 5.78 Å². The summed E-state index contributed by atoms with van der Waals surface area (Å²) in [7, 11) is 3.98. The normalized spacial score (nSPS) is 10.9. The molecular weight excluding hydrogens is 178 g/mol. The number of rotatable bonds is 1. The van der Waals surface area contributed by atoms with Gasteiger partial charge in [-0.15, -0.1) is 0 Å². The fraction of sp³-hybridized carbons (Fsp3) is 0.444. The van der Waals surface area contributed by atoms with E-state index < -0.39 is 0 Å². The van der Waals surface area contributed by atoms with Gasteiger partial charge in [-0.25, -0.2) is 4.98 Å². The van der Waals surface area contributed by atoms with E-state index in [1.807, 2.05) is 32.8 Å². The lowest BCUT2D eigenvalue weighted by molar-refractivity contribution is 0.874. The van der Waals surface area contributed by atoms with Crippen molar-refractivity contribution in [2.45, 2.75) is 13.8 Å². The lowest BCUT2D eigenvalue weighted by Gasteiger charge is -2.17. The third-order valence-electron chi connectivity index (χ3n) is 2.30. The van der Waals surface area contributed by atoms with Crippen molar-refractivity contribution in [3.8, 4) is 0 Å². The first-order valence-corrected chi connectivity index (χ1v) is 4.45. The van der Waals surface area contributed by atoms with E-state index in [-0.39, 0.29) is 0 Å². The zero-order chi connectivity index (χ0) is 10.3. The average Bonchev–Trinajstić information content (AvgIpc) is 2.52. The fourth-order valence-electron chi connectivity index (χ4n) is 1.54. The van der Waals surface area contributed by atoms with Gasteiger partial charge in [-0.05, 0) is 13.8 Å². The van der Waals surface area contributed by atoms with Gasteiger partial charge in [0.15, 0.2) is 0 Å². The summed E-state index contributed by atoms with van der Waals surface area (Å²) in [5, 5.41) is 4.14. The number of hydrogen-bond acceptors (Lipinski definition) is 4. The molecule has 0 spiro atoms. The van der Waals surface area contributed by atoms with E-state index in [0.717, 1.165) is 17.1 Å². The summed E-state index contributed by atoms with van der Waals surface area (Å²) in [6, 6.07) is 0. The Morgan fingerprint density at radius 2 is 2.00 bits per heavy atom. The number of anilines is 1. The van der Waals surface area contributed by atoms with E-state index in [2.05, 4.69) is 15.1 Å². The van der Waals surface area contributed by atoms with Crippen molar-refractivity contribution in [1.82, 2.24) is 19.6 Å². The Balaban J connectivity index is 2.86. The number of hydrogen-bond donors (Lipinski definition) is 0. The third kappa shape index (κ3) is 1.13. The molecule has 14 heavy (non-hydrogen) atoms. The first-order valence-electron chi connectivity index (χ1n) is 4.45. The smallest absolute Gasteiger partial charge is 0.254 e. The molecule has 0 fully saturated rings. The van der Waals surface area contributed by atoms with Crippen molar-refractivity contribution in [3.63, 3.8) is 0 Å². The minimum absolute atomic E-state index is 0.650. The second-order valence-corrected chi connectivity index (χ2v) is 3.51. The molecule has 0 aliphatic heterocycles. The highest BCUT2D eigenvalue weighted by molar-refractivity contribution is 5.52. The van der Waals surface area contributed by atoms with Crippen molar-refractivity contribution in [2.75, 3.05) is 19.0 Å². The van der Waals surface area contributed by atoms with Crippen LogP contribution in [-0.4, -0.2) is 33.7 Å². The SMILES string of the molecule is Cc1nc2ncnn2c(N(C)C)c1C. The predicted molar refractivity (Wildman–Crippen MR) is 54.6 cm³/mol. The molecule has 0 aliphatic carbocycles. The van der Waals surface area contributed by atoms with Crippen LogP contribution in [0.5, 0.6) is 0 Å². The second kappa shape index (κ2) is 2.94. The van der Waals surface area contributed by atoms with E-state index >= 15 is 0 Å². The quantitative estimate of drug-likeness (QED) is 0.669. The van der Waals surface area contributed by atoms with Gasteiger partial charge in [0.25, 0.3) is 5.78 Å². The van der Waals surface area contributed by atoms with Crippen molar-refractivity contribution >= 4 is 11.6 Å². The minimum atomic E-state index is 0.650. The van der Waals surface area contributed by atoms with Crippen molar-refractivity contribution in [1.29, 1.82) is 0 Å². The van der Waals surface area contributed by atoms with Crippen LogP contribution >= 0.6 is 0 Å². The van der Waals surface area contributed by atoms with E-state index in [4.69, 9.17) is 0 Å². The number of aryl methyl sites for hydroxylation is 1. The summed E-state index contributed by atoms with van der Waals surface area (Å²) in [5.74, 6) is 1.68. The zero-order valence-corrected chi connectivity index (χ0v) is 8.81.